The summed E-state index contributed by atoms with van der Waals surface area (Å²) in [5.74, 6) is -0.193. The fraction of sp³-hybridized carbons (Fsp3) is 0.158. The number of nitrogens with zero attached hydrogens (tertiary/aromatic N) is 4. The van der Waals surface area contributed by atoms with Crippen LogP contribution in [0.15, 0.2) is 34.1 Å². The van der Waals surface area contributed by atoms with Gasteiger partial charge in [-0.05, 0) is 17.7 Å². The maximum absolute atomic E-state index is 12.1. The second-order valence-corrected chi connectivity index (χ2v) is 6.63. The summed E-state index contributed by atoms with van der Waals surface area (Å²) in [5, 5.41) is 31.3. The van der Waals surface area contributed by atoms with Gasteiger partial charge in [0.1, 0.15) is 6.07 Å². The van der Waals surface area contributed by atoms with Gasteiger partial charge in [0.25, 0.3) is 5.56 Å². The number of aromatic hydroxyl groups is 1. The number of nitrogens with two attached hydrogens (primary N) is 1. The SMILES string of the molecule is Cn1ncc(-c2ccc3c(=O)[nH]nc(CN)c3c2)c1-c1[nH]c(O)c(S)c1C#N.[B]C. The number of aromatic amines is 2. The van der Waals surface area contributed by atoms with Crippen LogP contribution in [0.3, 0.4) is 0 Å². The lowest BCUT2D eigenvalue weighted by molar-refractivity contribution is 0.445. The molecule has 4 rings (SSSR count). The van der Waals surface area contributed by atoms with Gasteiger partial charge < -0.3 is 15.8 Å². The van der Waals surface area contributed by atoms with Gasteiger partial charge >= 0.3 is 0 Å². The van der Waals surface area contributed by atoms with Gasteiger partial charge in [0.05, 0.1) is 47.0 Å². The summed E-state index contributed by atoms with van der Waals surface area (Å²) in [5.41, 5.74) is 8.71. The molecule has 0 aliphatic carbocycles. The van der Waals surface area contributed by atoms with Crippen molar-refractivity contribution in [3.63, 3.8) is 0 Å². The van der Waals surface area contributed by atoms with Crippen LogP contribution < -0.4 is 11.3 Å². The first-order valence-corrected chi connectivity index (χ1v) is 9.26. The molecule has 0 spiro atoms. The van der Waals surface area contributed by atoms with Gasteiger partial charge in [-0.15, -0.1) is 12.6 Å². The third kappa shape index (κ3) is 3.36. The highest BCUT2D eigenvalue weighted by Gasteiger charge is 2.22. The van der Waals surface area contributed by atoms with Crippen LogP contribution in [0.4, 0.5) is 0 Å². The molecule has 11 heteroatoms. The van der Waals surface area contributed by atoms with E-state index in [1.807, 2.05) is 6.07 Å². The van der Waals surface area contributed by atoms with E-state index in [-0.39, 0.29) is 28.4 Å². The molecule has 0 bridgehead atoms. The minimum Gasteiger partial charge on any atom is -0.494 e. The molecule has 1 aromatic carbocycles. The number of nitrogens with one attached hydrogen (secondary N) is 2. The summed E-state index contributed by atoms with van der Waals surface area (Å²) in [4.78, 5) is 15.0. The van der Waals surface area contributed by atoms with Crippen molar-refractivity contribution < 1.29 is 5.11 Å². The zero-order valence-corrected chi connectivity index (χ0v) is 17.2. The smallest absolute Gasteiger partial charge is 0.272 e. The number of nitriles is 1. The molecule has 30 heavy (non-hydrogen) atoms. The predicted octanol–water partition coefficient (Wildman–Crippen LogP) is 1.85. The zero-order chi connectivity index (χ0) is 22.0. The molecule has 0 amide bonds. The number of H-pyrrole nitrogens is 2. The van der Waals surface area contributed by atoms with Crippen molar-refractivity contribution >= 4 is 31.2 Å². The molecule has 0 fully saturated rings. The molecule has 4 aromatic rings. The fourth-order valence-corrected chi connectivity index (χ4v) is 3.47. The molecule has 0 aliphatic heterocycles. The van der Waals surface area contributed by atoms with Gasteiger partial charge in [-0.25, -0.2) is 5.10 Å². The van der Waals surface area contributed by atoms with Crippen molar-refractivity contribution in [3.8, 4) is 34.5 Å². The number of hydrogen-bond donors (Lipinski definition) is 5. The number of aromatic nitrogens is 5. The Bertz CT molecular complexity index is 1330. The number of fused-ring (bicyclic) bond motifs is 1. The number of rotatable bonds is 3. The number of hydrogen-bond acceptors (Lipinski definition) is 7. The van der Waals surface area contributed by atoms with Crippen molar-refractivity contribution in [2.45, 2.75) is 18.3 Å². The molecule has 0 unspecified atom stereocenters. The van der Waals surface area contributed by atoms with Gasteiger partial charge in [0, 0.05) is 24.5 Å². The third-order valence-corrected chi connectivity index (χ3v) is 5.05. The van der Waals surface area contributed by atoms with Crippen molar-refractivity contribution in [2.24, 2.45) is 12.8 Å². The molecule has 9 nitrogen and oxygen atoms in total. The average Bonchev–Trinajstić information content (AvgIpc) is 3.28. The highest BCUT2D eigenvalue weighted by atomic mass is 32.1. The summed E-state index contributed by atoms with van der Waals surface area (Å²) in [6, 6.07) is 7.35. The van der Waals surface area contributed by atoms with E-state index >= 15 is 0 Å². The largest absolute Gasteiger partial charge is 0.494 e. The van der Waals surface area contributed by atoms with Gasteiger partial charge in [-0.2, -0.15) is 15.5 Å². The molecule has 2 radical (unpaired) electrons. The van der Waals surface area contributed by atoms with E-state index in [0.717, 1.165) is 5.56 Å². The molecule has 150 valence electrons. The topological polar surface area (TPSA) is 149 Å². The summed E-state index contributed by atoms with van der Waals surface area (Å²) in [6.45, 7) is 1.67. The van der Waals surface area contributed by atoms with Crippen LogP contribution in [0.5, 0.6) is 5.88 Å². The van der Waals surface area contributed by atoms with Crippen LogP contribution >= 0.6 is 12.6 Å². The van der Waals surface area contributed by atoms with Gasteiger partial charge in [-0.3, -0.25) is 9.48 Å². The maximum atomic E-state index is 12.1. The first kappa shape index (κ1) is 21.2. The molecule has 0 atom stereocenters. The maximum Gasteiger partial charge on any atom is 0.272 e. The second-order valence-electron chi connectivity index (χ2n) is 6.18. The normalized spacial score (nSPS) is 10.5. The van der Waals surface area contributed by atoms with E-state index in [0.29, 0.717) is 33.4 Å². The Labute approximate surface area is 178 Å². The summed E-state index contributed by atoms with van der Waals surface area (Å²) >= 11 is 4.19. The lowest BCUT2D eigenvalue weighted by Crippen LogP contribution is -2.13. The molecule has 0 saturated heterocycles. The molecular formula is C19H18BN7O2S. The second kappa shape index (κ2) is 8.48. The molecule has 0 saturated carbocycles. The highest BCUT2D eigenvalue weighted by Crippen LogP contribution is 2.38. The van der Waals surface area contributed by atoms with Crippen LogP contribution in [-0.2, 0) is 13.6 Å². The van der Waals surface area contributed by atoms with E-state index in [9.17, 15) is 15.2 Å². The van der Waals surface area contributed by atoms with E-state index < -0.39 is 0 Å². The van der Waals surface area contributed by atoms with E-state index in [1.54, 1.807) is 30.1 Å². The number of aryl methyl sites for hydroxylation is 1. The Morgan fingerprint density at radius 1 is 1.37 bits per heavy atom. The average molecular weight is 419 g/mol. The van der Waals surface area contributed by atoms with E-state index in [4.69, 9.17) is 5.73 Å². The van der Waals surface area contributed by atoms with Crippen molar-refractivity contribution in [1.82, 2.24) is 25.0 Å². The molecule has 5 N–H and O–H groups in total. The van der Waals surface area contributed by atoms with Crippen LogP contribution in [0, 0.1) is 11.3 Å². The molecule has 0 aliphatic rings. The van der Waals surface area contributed by atoms with Crippen molar-refractivity contribution in [1.29, 1.82) is 5.26 Å². The quantitative estimate of drug-likeness (QED) is 0.253. The molecule has 3 heterocycles. The zero-order valence-electron chi connectivity index (χ0n) is 16.3. The van der Waals surface area contributed by atoms with E-state index in [1.165, 1.54) is 6.82 Å². The first-order valence-electron chi connectivity index (χ1n) is 8.82. The van der Waals surface area contributed by atoms with Gasteiger partial charge in [-0.1, -0.05) is 12.9 Å². The van der Waals surface area contributed by atoms with Gasteiger partial charge in [0.15, 0.2) is 0 Å². The molecular weight excluding hydrogens is 401 g/mol. The Morgan fingerprint density at radius 2 is 2.10 bits per heavy atom. The lowest BCUT2D eigenvalue weighted by atomic mass is 9.99. The van der Waals surface area contributed by atoms with E-state index in [2.05, 4.69) is 46.8 Å². The minimum absolute atomic E-state index is 0.169. The van der Waals surface area contributed by atoms with Crippen LogP contribution in [0.2, 0.25) is 6.82 Å². The Balaban J connectivity index is 0.00000124. The minimum atomic E-state index is -0.300. The van der Waals surface area contributed by atoms with Gasteiger partial charge in [0.2, 0.25) is 5.88 Å². The number of thiol groups is 1. The predicted molar refractivity (Wildman–Crippen MR) is 117 cm³/mol. The van der Waals surface area contributed by atoms with Crippen molar-refractivity contribution in [2.75, 3.05) is 0 Å². The summed E-state index contributed by atoms with van der Waals surface area (Å²) in [6.07, 6.45) is 1.65. The Kier molecular flexibility index (Phi) is 6.00. The Hall–Kier alpha value is -3.49. The first-order chi connectivity index (χ1) is 14.5. The standard InChI is InChI=1S/C18H15N7O2S.CH3B/c1-25-15(14-11(5-19)16(28)18(27)22-14)12(7-21-25)8-2-3-9-10(4-8)13(6-20)23-24-17(9)26;1-2/h2-4,7,22,27-28H,6,20H2,1H3,(H,24,26);1H3. The Morgan fingerprint density at radius 3 is 2.77 bits per heavy atom. The van der Waals surface area contributed by atoms with Crippen LogP contribution in [0.1, 0.15) is 11.3 Å². The fourth-order valence-electron chi connectivity index (χ4n) is 3.25. The molecule has 3 aromatic heterocycles. The van der Waals surface area contributed by atoms with Crippen molar-refractivity contribution in [3.05, 3.63) is 46.0 Å². The highest BCUT2D eigenvalue weighted by molar-refractivity contribution is 7.80. The summed E-state index contributed by atoms with van der Waals surface area (Å²) < 4.78 is 1.60. The third-order valence-electron chi connectivity index (χ3n) is 4.61. The summed E-state index contributed by atoms with van der Waals surface area (Å²) in [7, 11) is 6.23. The van der Waals surface area contributed by atoms with Crippen LogP contribution in [-0.4, -0.2) is 37.9 Å². The monoisotopic (exact) mass is 419 g/mol. The van der Waals surface area contributed by atoms with Crippen LogP contribution in [0.25, 0.3) is 33.3 Å². The lowest BCUT2D eigenvalue weighted by Gasteiger charge is -2.08. The number of benzene rings is 1.